The van der Waals surface area contributed by atoms with Crippen molar-refractivity contribution in [3.8, 4) is 0 Å². The van der Waals surface area contributed by atoms with Crippen molar-refractivity contribution in [1.29, 1.82) is 0 Å². The van der Waals surface area contributed by atoms with Gasteiger partial charge in [-0.3, -0.25) is 13.9 Å². The van der Waals surface area contributed by atoms with Crippen molar-refractivity contribution >= 4 is 50.7 Å². The molecule has 0 saturated heterocycles. The second-order valence-electron chi connectivity index (χ2n) is 9.04. The van der Waals surface area contributed by atoms with Crippen LogP contribution >= 0.6 is 23.2 Å². The number of halogens is 2. The fourth-order valence-corrected chi connectivity index (χ4v) is 5.63. The Morgan fingerprint density at radius 3 is 1.95 bits per heavy atom. The highest BCUT2D eigenvalue weighted by Gasteiger charge is 2.33. The lowest BCUT2D eigenvalue weighted by Gasteiger charge is -2.33. The molecule has 0 heterocycles. The number of carbonyl (C=O) groups is 2. The van der Waals surface area contributed by atoms with Crippen LogP contribution in [0.2, 0.25) is 10.0 Å². The van der Waals surface area contributed by atoms with Gasteiger partial charge in [0.05, 0.1) is 10.6 Å². The van der Waals surface area contributed by atoms with Crippen molar-refractivity contribution in [1.82, 2.24) is 10.2 Å². The molecule has 0 aliphatic heterocycles. The molecule has 0 spiro atoms. The van der Waals surface area contributed by atoms with E-state index in [1.54, 1.807) is 66.7 Å². The Labute approximate surface area is 234 Å². The third kappa shape index (κ3) is 7.49. The number of nitrogens with zero attached hydrogens (tertiary/aromatic N) is 2. The van der Waals surface area contributed by atoms with Gasteiger partial charge in [0.1, 0.15) is 12.6 Å². The number of hydrogen-bond donors (Lipinski definition) is 1. The van der Waals surface area contributed by atoms with E-state index in [2.05, 4.69) is 5.32 Å². The largest absolute Gasteiger partial charge is 0.352 e. The van der Waals surface area contributed by atoms with Crippen molar-refractivity contribution in [2.45, 2.75) is 50.7 Å². The van der Waals surface area contributed by atoms with Crippen LogP contribution < -0.4 is 9.62 Å². The molecule has 38 heavy (non-hydrogen) atoms. The normalized spacial score (nSPS) is 12.2. The van der Waals surface area contributed by atoms with E-state index in [1.807, 2.05) is 20.8 Å². The van der Waals surface area contributed by atoms with Crippen molar-refractivity contribution in [2.24, 2.45) is 0 Å². The number of nitrogens with one attached hydrogen (secondary N) is 1. The topological polar surface area (TPSA) is 86.8 Å². The van der Waals surface area contributed by atoms with Crippen LogP contribution in [0.3, 0.4) is 0 Å². The molecular formula is C28H31Cl2N3O4S. The van der Waals surface area contributed by atoms with Gasteiger partial charge < -0.3 is 10.2 Å². The average Bonchev–Trinajstić information content (AvgIpc) is 2.89. The van der Waals surface area contributed by atoms with E-state index in [1.165, 1.54) is 17.0 Å². The van der Waals surface area contributed by atoms with E-state index in [4.69, 9.17) is 23.2 Å². The molecule has 3 aromatic rings. The van der Waals surface area contributed by atoms with Crippen LogP contribution in [-0.2, 0) is 26.2 Å². The average molecular weight is 577 g/mol. The zero-order valence-electron chi connectivity index (χ0n) is 21.5. The summed E-state index contributed by atoms with van der Waals surface area (Å²) in [5, 5.41) is 3.84. The summed E-state index contributed by atoms with van der Waals surface area (Å²) in [5.74, 6) is -0.839. The van der Waals surface area contributed by atoms with Crippen LogP contribution in [-0.4, -0.2) is 43.8 Å². The minimum absolute atomic E-state index is 0.0385. The molecule has 0 unspecified atom stereocenters. The Kier molecular flexibility index (Phi) is 10.2. The number of rotatable bonds is 11. The molecule has 7 nitrogen and oxygen atoms in total. The van der Waals surface area contributed by atoms with Gasteiger partial charge in [0, 0.05) is 22.6 Å². The molecule has 3 rings (SSSR count). The molecule has 202 valence electrons. The van der Waals surface area contributed by atoms with Crippen LogP contribution in [0.4, 0.5) is 5.69 Å². The first-order valence-corrected chi connectivity index (χ1v) is 14.4. The highest BCUT2D eigenvalue weighted by Crippen LogP contribution is 2.26. The van der Waals surface area contributed by atoms with Gasteiger partial charge in [-0.05, 0) is 74.4 Å². The molecule has 3 aromatic carbocycles. The number of sulfonamides is 1. The monoisotopic (exact) mass is 575 g/mol. The summed E-state index contributed by atoms with van der Waals surface area (Å²) in [6, 6.07) is 20.1. The standard InChI is InChI=1S/C28H31Cl2N3O4S/c1-4-26(28(35)31-20(2)3)32(18-21-10-12-22(29)13-11-21)27(34)19-33(24-16-14-23(30)15-17-24)38(36,37)25-8-6-5-7-9-25/h5-17,20,26H,4,18-19H2,1-3H3,(H,31,35)/t26-/m1/s1. The molecule has 10 heteroatoms. The first-order chi connectivity index (χ1) is 18.0. The van der Waals surface area contributed by atoms with Gasteiger partial charge in [0.2, 0.25) is 11.8 Å². The van der Waals surface area contributed by atoms with E-state index in [0.29, 0.717) is 16.5 Å². The van der Waals surface area contributed by atoms with Crippen LogP contribution in [0.1, 0.15) is 32.8 Å². The Morgan fingerprint density at radius 1 is 0.868 bits per heavy atom. The van der Waals surface area contributed by atoms with E-state index < -0.39 is 28.5 Å². The smallest absolute Gasteiger partial charge is 0.264 e. The molecule has 0 aliphatic carbocycles. The Hall–Kier alpha value is -3.07. The van der Waals surface area contributed by atoms with E-state index >= 15 is 0 Å². The lowest BCUT2D eigenvalue weighted by molar-refractivity contribution is -0.140. The third-order valence-electron chi connectivity index (χ3n) is 5.81. The number of hydrogen-bond acceptors (Lipinski definition) is 4. The summed E-state index contributed by atoms with van der Waals surface area (Å²) in [6.45, 7) is 5.07. The van der Waals surface area contributed by atoms with Crippen LogP contribution in [0.15, 0.2) is 83.8 Å². The van der Waals surface area contributed by atoms with Crippen LogP contribution in [0.5, 0.6) is 0 Å². The lowest BCUT2D eigenvalue weighted by atomic mass is 10.1. The molecule has 1 N–H and O–H groups in total. The second kappa shape index (κ2) is 13.1. The molecule has 1 atom stereocenters. The summed E-state index contributed by atoms with van der Waals surface area (Å²) in [6.07, 6.45) is 0.338. The number of amides is 2. The van der Waals surface area contributed by atoms with E-state index in [0.717, 1.165) is 9.87 Å². The maximum atomic E-state index is 13.9. The number of carbonyl (C=O) groups excluding carboxylic acids is 2. The zero-order chi connectivity index (χ0) is 27.9. The molecule has 0 fully saturated rings. The summed E-state index contributed by atoms with van der Waals surface area (Å²) in [5.41, 5.74) is 1.03. The predicted molar refractivity (Wildman–Crippen MR) is 152 cm³/mol. The molecule has 0 bridgehead atoms. The maximum Gasteiger partial charge on any atom is 0.264 e. The van der Waals surface area contributed by atoms with Gasteiger partial charge in [-0.2, -0.15) is 0 Å². The summed E-state index contributed by atoms with van der Waals surface area (Å²) >= 11 is 12.1. The first-order valence-electron chi connectivity index (χ1n) is 12.2. The third-order valence-corrected chi connectivity index (χ3v) is 8.10. The van der Waals surface area contributed by atoms with Gasteiger partial charge in [-0.25, -0.2) is 8.42 Å². The zero-order valence-corrected chi connectivity index (χ0v) is 23.8. The van der Waals surface area contributed by atoms with E-state index in [9.17, 15) is 18.0 Å². The van der Waals surface area contributed by atoms with E-state index in [-0.39, 0.29) is 29.1 Å². The Bertz CT molecular complexity index is 1330. The fourth-order valence-electron chi connectivity index (χ4n) is 3.94. The van der Waals surface area contributed by atoms with Crippen molar-refractivity contribution in [3.05, 3.63) is 94.5 Å². The van der Waals surface area contributed by atoms with Crippen molar-refractivity contribution in [3.63, 3.8) is 0 Å². The van der Waals surface area contributed by atoms with Crippen LogP contribution in [0, 0.1) is 0 Å². The van der Waals surface area contributed by atoms with Crippen LogP contribution in [0.25, 0.3) is 0 Å². The molecule has 0 aromatic heterocycles. The number of anilines is 1. The molecule has 0 radical (unpaired) electrons. The maximum absolute atomic E-state index is 13.9. The van der Waals surface area contributed by atoms with Gasteiger partial charge in [-0.1, -0.05) is 60.5 Å². The second-order valence-corrected chi connectivity index (χ2v) is 11.8. The summed E-state index contributed by atoms with van der Waals surface area (Å²) in [4.78, 5) is 28.5. The summed E-state index contributed by atoms with van der Waals surface area (Å²) < 4.78 is 28.5. The predicted octanol–water partition coefficient (Wildman–Crippen LogP) is 5.52. The minimum Gasteiger partial charge on any atom is -0.352 e. The molecular weight excluding hydrogens is 545 g/mol. The van der Waals surface area contributed by atoms with Crippen molar-refractivity contribution < 1.29 is 18.0 Å². The minimum atomic E-state index is -4.12. The lowest BCUT2D eigenvalue weighted by Crippen LogP contribution is -2.53. The highest BCUT2D eigenvalue weighted by molar-refractivity contribution is 7.92. The van der Waals surface area contributed by atoms with Gasteiger partial charge in [0.15, 0.2) is 0 Å². The Morgan fingerprint density at radius 2 is 1.42 bits per heavy atom. The van der Waals surface area contributed by atoms with Gasteiger partial charge in [-0.15, -0.1) is 0 Å². The van der Waals surface area contributed by atoms with Crippen molar-refractivity contribution in [2.75, 3.05) is 10.8 Å². The highest BCUT2D eigenvalue weighted by atomic mass is 35.5. The summed E-state index contributed by atoms with van der Waals surface area (Å²) in [7, 11) is -4.12. The van der Waals surface area contributed by atoms with Gasteiger partial charge >= 0.3 is 0 Å². The quantitative estimate of drug-likeness (QED) is 0.326. The SMILES string of the molecule is CC[C@H](C(=O)NC(C)C)N(Cc1ccc(Cl)cc1)C(=O)CN(c1ccc(Cl)cc1)S(=O)(=O)c1ccccc1. The molecule has 0 saturated carbocycles. The number of benzene rings is 3. The Balaban J connectivity index is 2.04. The molecule has 2 amide bonds. The first kappa shape index (κ1) is 29.5. The van der Waals surface area contributed by atoms with Gasteiger partial charge in [0.25, 0.3) is 10.0 Å². The fraction of sp³-hybridized carbons (Fsp3) is 0.286. The molecule has 0 aliphatic rings.